The largest absolute Gasteiger partial charge is 0.315 e. The third kappa shape index (κ3) is 4.04. The molecular weight excluding hydrogens is 252 g/mol. The molecule has 3 heteroatoms. The molecule has 0 aliphatic carbocycles. The van der Waals surface area contributed by atoms with Gasteiger partial charge in [0, 0.05) is 28.9 Å². The molecule has 1 aromatic heterocycles. The Morgan fingerprint density at radius 2 is 2.16 bits per heavy atom. The van der Waals surface area contributed by atoms with Gasteiger partial charge in [-0.05, 0) is 43.5 Å². The van der Waals surface area contributed by atoms with Crippen LogP contribution in [0.25, 0.3) is 0 Å². The van der Waals surface area contributed by atoms with Gasteiger partial charge >= 0.3 is 0 Å². The quantitative estimate of drug-likeness (QED) is 0.906. The molecule has 0 aromatic carbocycles. The van der Waals surface area contributed by atoms with Crippen LogP contribution in [0.4, 0.5) is 0 Å². The van der Waals surface area contributed by atoms with Crippen LogP contribution in [0.1, 0.15) is 50.3 Å². The highest BCUT2D eigenvalue weighted by Crippen LogP contribution is 2.30. The average molecular weight is 280 g/mol. The lowest BCUT2D eigenvalue weighted by molar-refractivity contribution is 0.167. The van der Waals surface area contributed by atoms with Crippen molar-refractivity contribution in [2.75, 3.05) is 19.6 Å². The lowest BCUT2D eigenvalue weighted by atomic mass is 9.95. The van der Waals surface area contributed by atoms with Gasteiger partial charge in [0.25, 0.3) is 0 Å². The fourth-order valence-electron chi connectivity index (χ4n) is 2.71. The molecule has 1 N–H and O–H groups in total. The summed E-state index contributed by atoms with van der Waals surface area (Å²) in [5.41, 5.74) is 0.284. The number of rotatable bonds is 4. The number of hydrogen-bond donors (Lipinski definition) is 1. The molecule has 1 aliphatic rings. The van der Waals surface area contributed by atoms with E-state index in [1.54, 1.807) is 0 Å². The first-order chi connectivity index (χ1) is 9.00. The van der Waals surface area contributed by atoms with E-state index in [0.717, 1.165) is 25.7 Å². The van der Waals surface area contributed by atoms with Gasteiger partial charge < -0.3 is 5.32 Å². The maximum absolute atomic E-state index is 3.53. The Morgan fingerprint density at radius 1 is 1.37 bits per heavy atom. The summed E-state index contributed by atoms with van der Waals surface area (Å²) < 4.78 is 0. The monoisotopic (exact) mass is 280 g/mol. The first-order valence-corrected chi connectivity index (χ1v) is 8.36. The van der Waals surface area contributed by atoms with Gasteiger partial charge in [-0.2, -0.15) is 0 Å². The van der Waals surface area contributed by atoms with Crippen molar-refractivity contribution in [2.45, 2.75) is 58.5 Å². The maximum atomic E-state index is 3.53. The van der Waals surface area contributed by atoms with E-state index in [-0.39, 0.29) is 5.41 Å². The summed E-state index contributed by atoms with van der Waals surface area (Å²) in [6.45, 7) is 13.8. The van der Waals surface area contributed by atoms with Gasteiger partial charge in [-0.3, -0.25) is 4.90 Å². The summed E-state index contributed by atoms with van der Waals surface area (Å²) in [6, 6.07) is 5.36. The van der Waals surface area contributed by atoms with E-state index in [0.29, 0.717) is 0 Å². The SMILES string of the molecule is CCN(Cc1ccc(C(C)(C)C)s1)C1CCCNC1. The fraction of sp³-hybridized carbons (Fsp3) is 0.750. The average Bonchev–Trinajstić information content (AvgIpc) is 2.85. The van der Waals surface area contributed by atoms with Gasteiger partial charge in [-0.1, -0.05) is 27.7 Å². The number of hydrogen-bond acceptors (Lipinski definition) is 3. The minimum Gasteiger partial charge on any atom is -0.315 e. The Hall–Kier alpha value is -0.380. The van der Waals surface area contributed by atoms with Crippen LogP contribution >= 0.6 is 11.3 Å². The second kappa shape index (κ2) is 6.38. The lowest BCUT2D eigenvalue weighted by Crippen LogP contribution is -2.45. The molecule has 1 saturated heterocycles. The van der Waals surface area contributed by atoms with Crippen LogP contribution in [-0.2, 0) is 12.0 Å². The van der Waals surface area contributed by atoms with Gasteiger partial charge in [-0.25, -0.2) is 0 Å². The lowest BCUT2D eigenvalue weighted by Gasteiger charge is -2.33. The Labute approximate surface area is 122 Å². The fourth-order valence-corrected chi connectivity index (χ4v) is 3.80. The molecule has 1 aliphatic heterocycles. The van der Waals surface area contributed by atoms with Crippen LogP contribution in [0.3, 0.4) is 0 Å². The minimum absolute atomic E-state index is 0.284. The van der Waals surface area contributed by atoms with Gasteiger partial charge in [0.2, 0.25) is 0 Å². The topological polar surface area (TPSA) is 15.3 Å². The van der Waals surface area contributed by atoms with E-state index in [2.05, 4.69) is 50.0 Å². The van der Waals surface area contributed by atoms with Crippen LogP contribution in [-0.4, -0.2) is 30.6 Å². The van der Waals surface area contributed by atoms with Crippen molar-refractivity contribution >= 4 is 11.3 Å². The Balaban J connectivity index is 1.99. The molecule has 2 rings (SSSR count). The van der Waals surface area contributed by atoms with Crippen molar-refractivity contribution in [2.24, 2.45) is 0 Å². The van der Waals surface area contributed by atoms with E-state index in [1.807, 2.05) is 11.3 Å². The Morgan fingerprint density at radius 3 is 2.68 bits per heavy atom. The Bertz CT molecular complexity index is 386. The van der Waals surface area contributed by atoms with Gasteiger partial charge in [0.15, 0.2) is 0 Å². The summed E-state index contributed by atoms with van der Waals surface area (Å²) in [4.78, 5) is 5.64. The summed E-state index contributed by atoms with van der Waals surface area (Å²) in [7, 11) is 0. The van der Waals surface area contributed by atoms with E-state index >= 15 is 0 Å². The van der Waals surface area contributed by atoms with Crippen LogP contribution in [0, 0.1) is 0 Å². The summed E-state index contributed by atoms with van der Waals surface area (Å²) in [5, 5.41) is 3.53. The molecule has 19 heavy (non-hydrogen) atoms. The van der Waals surface area contributed by atoms with Crippen LogP contribution < -0.4 is 5.32 Å². The molecule has 1 unspecified atom stereocenters. The zero-order valence-electron chi connectivity index (χ0n) is 12.8. The molecule has 108 valence electrons. The first kappa shape index (κ1) is 15.0. The van der Waals surface area contributed by atoms with Crippen LogP contribution in [0.15, 0.2) is 12.1 Å². The standard InChI is InChI=1S/C16H28N2S/c1-5-18(13-7-6-10-17-11-13)12-14-8-9-15(19-14)16(2,3)4/h8-9,13,17H,5-7,10-12H2,1-4H3. The molecule has 2 heterocycles. The predicted octanol–water partition coefficient (Wildman–Crippen LogP) is 3.62. The Kier molecular flexibility index (Phi) is 5.04. The summed E-state index contributed by atoms with van der Waals surface area (Å²) in [6.07, 6.45) is 2.66. The highest BCUT2D eigenvalue weighted by atomic mass is 32.1. The van der Waals surface area contributed by atoms with Crippen LogP contribution in [0.2, 0.25) is 0 Å². The minimum atomic E-state index is 0.284. The highest BCUT2D eigenvalue weighted by Gasteiger charge is 2.21. The van der Waals surface area contributed by atoms with Crippen molar-refractivity contribution in [3.8, 4) is 0 Å². The molecular formula is C16H28N2S. The highest BCUT2D eigenvalue weighted by molar-refractivity contribution is 7.12. The zero-order valence-corrected chi connectivity index (χ0v) is 13.6. The number of nitrogens with one attached hydrogen (secondary N) is 1. The first-order valence-electron chi connectivity index (χ1n) is 7.54. The van der Waals surface area contributed by atoms with Crippen molar-refractivity contribution in [1.29, 1.82) is 0 Å². The normalized spacial score (nSPS) is 21.0. The second-order valence-corrected chi connectivity index (χ2v) is 7.75. The molecule has 0 radical (unpaired) electrons. The van der Waals surface area contributed by atoms with Gasteiger partial charge in [-0.15, -0.1) is 11.3 Å². The number of likely N-dealkylation sites (N-methyl/N-ethyl adjacent to an activating group) is 1. The van der Waals surface area contributed by atoms with Crippen molar-refractivity contribution in [1.82, 2.24) is 10.2 Å². The molecule has 1 fully saturated rings. The zero-order chi connectivity index (χ0) is 13.9. The molecule has 0 spiro atoms. The number of thiophene rings is 1. The molecule has 0 amide bonds. The van der Waals surface area contributed by atoms with Crippen LogP contribution in [0.5, 0.6) is 0 Å². The van der Waals surface area contributed by atoms with Crippen molar-refractivity contribution < 1.29 is 0 Å². The third-order valence-corrected chi connectivity index (χ3v) is 5.45. The van der Waals surface area contributed by atoms with E-state index in [9.17, 15) is 0 Å². The summed E-state index contributed by atoms with van der Waals surface area (Å²) >= 11 is 1.99. The smallest absolute Gasteiger partial charge is 0.0331 e. The third-order valence-electron chi connectivity index (χ3n) is 3.95. The molecule has 0 saturated carbocycles. The molecule has 1 atom stereocenters. The molecule has 1 aromatic rings. The molecule has 0 bridgehead atoms. The maximum Gasteiger partial charge on any atom is 0.0331 e. The molecule has 2 nitrogen and oxygen atoms in total. The van der Waals surface area contributed by atoms with Crippen molar-refractivity contribution in [3.63, 3.8) is 0 Å². The second-order valence-electron chi connectivity index (χ2n) is 6.58. The predicted molar refractivity (Wildman–Crippen MR) is 85.0 cm³/mol. The van der Waals surface area contributed by atoms with E-state index in [4.69, 9.17) is 0 Å². The van der Waals surface area contributed by atoms with Crippen molar-refractivity contribution in [3.05, 3.63) is 21.9 Å². The number of piperidine rings is 1. The number of nitrogens with zero attached hydrogens (tertiary/aromatic N) is 1. The summed E-state index contributed by atoms with van der Waals surface area (Å²) in [5.74, 6) is 0. The van der Waals surface area contributed by atoms with E-state index in [1.165, 1.54) is 29.1 Å². The van der Waals surface area contributed by atoms with Gasteiger partial charge in [0.05, 0.1) is 0 Å². The van der Waals surface area contributed by atoms with E-state index < -0.39 is 0 Å². The van der Waals surface area contributed by atoms with Gasteiger partial charge in [0.1, 0.15) is 0 Å².